The number of hydrogen-bond donors (Lipinski definition) is 6. The van der Waals surface area contributed by atoms with Crippen LogP contribution < -0.4 is 27.0 Å². The molecule has 13 heteroatoms. The molecule has 2 fully saturated rings. The second-order valence-electron chi connectivity index (χ2n) is 12.7. The fourth-order valence-corrected chi connectivity index (χ4v) is 6.46. The topological polar surface area (TPSA) is 193 Å². The van der Waals surface area contributed by atoms with Crippen LogP contribution in [0.1, 0.15) is 53.8 Å². The summed E-state index contributed by atoms with van der Waals surface area (Å²) in [7, 11) is 0. The molecule has 2 aromatic heterocycles. The predicted molar refractivity (Wildman–Crippen MR) is 182 cm³/mol. The van der Waals surface area contributed by atoms with Crippen LogP contribution in [0.2, 0.25) is 0 Å². The zero-order valence-corrected chi connectivity index (χ0v) is 27.0. The van der Waals surface area contributed by atoms with Crippen molar-refractivity contribution in [3.63, 3.8) is 0 Å². The number of rotatable bonds is 11. The summed E-state index contributed by atoms with van der Waals surface area (Å²) in [4.78, 5) is 44.3. The maximum absolute atomic E-state index is 13.6. The van der Waals surface area contributed by atoms with Gasteiger partial charge in [-0.2, -0.15) is 5.21 Å². The standard InChI is InChI=1S/C35H42N10O3/c1-21-29(14-15-30(38-21)34(47)40-28-16-17-37-20-28)24-6-2-22(3-7-24)18-31(41-33(46)26-8-4-23(19-36)5-9-26)35(48)39-27-12-10-25(11-13-27)32-42-44-45-43-32/h2-3,6-7,10-15,23,26,28,31,37H,4-5,8-9,16-20,36H2,1H3,(H,39,48)(H,40,47)(H,41,46)(H,42,43,44,45)/t23?,26?,28-,31-/m0/s1. The molecule has 2 aromatic carbocycles. The molecule has 6 rings (SSSR count). The number of pyridine rings is 1. The largest absolute Gasteiger partial charge is 0.347 e. The lowest BCUT2D eigenvalue weighted by molar-refractivity contribution is -0.130. The van der Waals surface area contributed by atoms with Crippen molar-refractivity contribution in [1.82, 2.24) is 41.6 Å². The summed E-state index contributed by atoms with van der Waals surface area (Å²) in [6.45, 7) is 4.20. The number of tetrazole rings is 1. The van der Waals surface area contributed by atoms with Crippen molar-refractivity contribution in [1.29, 1.82) is 0 Å². The minimum Gasteiger partial charge on any atom is -0.347 e. The van der Waals surface area contributed by atoms with Gasteiger partial charge in [0.1, 0.15) is 11.7 Å². The summed E-state index contributed by atoms with van der Waals surface area (Å²) in [6, 6.07) is 18.0. The predicted octanol–water partition coefficient (Wildman–Crippen LogP) is 2.76. The molecule has 0 radical (unpaired) electrons. The summed E-state index contributed by atoms with van der Waals surface area (Å²) in [5, 5.41) is 26.3. The summed E-state index contributed by atoms with van der Waals surface area (Å²) in [6.07, 6.45) is 4.57. The Labute approximate surface area is 279 Å². The lowest BCUT2D eigenvalue weighted by atomic mass is 9.81. The van der Waals surface area contributed by atoms with Gasteiger partial charge in [-0.05, 0) is 105 Å². The number of hydrogen-bond acceptors (Lipinski definition) is 9. The molecule has 1 saturated carbocycles. The Morgan fingerprint density at radius 3 is 2.33 bits per heavy atom. The SMILES string of the molecule is Cc1nc(C(=O)N[C@H]2CCNC2)ccc1-c1ccc(C[C@H](NC(=O)C2CCC(CN)CC2)C(=O)Nc2ccc(-c3nn[nH]n3)cc2)cc1. The van der Waals surface area contributed by atoms with E-state index in [1.165, 1.54) is 0 Å². The molecule has 4 aromatic rings. The van der Waals surface area contributed by atoms with Gasteiger partial charge < -0.3 is 27.0 Å². The molecule has 1 aliphatic carbocycles. The van der Waals surface area contributed by atoms with E-state index in [4.69, 9.17) is 5.73 Å². The van der Waals surface area contributed by atoms with Crippen molar-refractivity contribution in [3.8, 4) is 22.5 Å². The van der Waals surface area contributed by atoms with Crippen LogP contribution in [0.3, 0.4) is 0 Å². The maximum atomic E-state index is 13.6. The van der Waals surface area contributed by atoms with E-state index in [2.05, 4.69) is 46.9 Å². The van der Waals surface area contributed by atoms with Crippen molar-refractivity contribution < 1.29 is 14.4 Å². The Kier molecular flexibility index (Phi) is 10.5. The van der Waals surface area contributed by atoms with Crippen LogP contribution in [0.5, 0.6) is 0 Å². The van der Waals surface area contributed by atoms with Gasteiger partial charge in [0.25, 0.3) is 5.91 Å². The zero-order chi connectivity index (χ0) is 33.5. The summed E-state index contributed by atoms with van der Waals surface area (Å²) < 4.78 is 0. The molecule has 0 bridgehead atoms. The lowest BCUT2D eigenvalue weighted by Gasteiger charge is -2.28. The first-order chi connectivity index (χ1) is 23.4. The normalized spacial score (nSPS) is 19.8. The second kappa shape index (κ2) is 15.3. The van der Waals surface area contributed by atoms with E-state index in [1.54, 1.807) is 30.3 Å². The van der Waals surface area contributed by atoms with Crippen LogP contribution in [0.15, 0.2) is 60.7 Å². The molecule has 0 unspecified atom stereocenters. The molecule has 1 saturated heterocycles. The third-order valence-electron chi connectivity index (χ3n) is 9.36. The first kappa shape index (κ1) is 32.9. The fourth-order valence-electron chi connectivity index (χ4n) is 6.46. The summed E-state index contributed by atoms with van der Waals surface area (Å²) in [5.74, 6) is 0.173. The first-order valence-electron chi connectivity index (χ1n) is 16.6. The summed E-state index contributed by atoms with van der Waals surface area (Å²) in [5.41, 5.74) is 11.1. The molecule has 0 spiro atoms. The van der Waals surface area contributed by atoms with Gasteiger partial charge in [0, 0.05) is 47.4 Å². The van der Waals surface area contributed by atoms with Crippen LogP contribution in [0, 0.1) is 18.8 Å². The van der Waals surface area contributed by atoms with Gasteiger partial charge in [-0.3, -0.25) is 14.4 Å². The fraction of sp³-hybridized carbons (Fsp3) is 0.400. The lowest BCUT2D eigenvalue weighted by Crippen LogP contribution is -2.48. The second-order valence-corrected chi connectivity index (χ2v) is 12.7. The first-order valence-corrected chi connectivity index (χ1v) is 16.6. The summed E-state index contributed by atoms with van der Waals surface area (Å²) >= 11 is 0. The van der Waals surface area contributed by atoms with Gasteiger partial charge in [-0.15, -0.1) is 10.2 Å². The Bertz CT molecular complexity index is 1700. The molecule has 48 heavy (non-hydrogen) atoms. The number of nitrogens with one attached hydrogen (secondary N) is 5. The van der Waals surface area contributed by atoms with Crippen molar-refractivity contribution in [2.45, 2.75) is 57.5 Å². The van der Waals surface area contributed by atoms with E-state index < -0.39 is 6.04 Å². The van der Waals surface area contributed by atoms with Crippen LogP contribution in [0.4, 0.5) is 5.69 Å². The van der Waals surface area contributed by atoms with Crippen molar-refractivity contribution in [2.75, 3.05) is 25.0 Å². The Balaban J connectivity index is 1.14. The third-order valence-corrected chi connectivity index (χ3v) is 9.36. The molecule has 2 aliphatic rings. The van der Waals surface area contributed by atoms with Crippen LogP contribution >= 0.6 is 0 Å². The number of H-pyrrole nitrogens is 1. The van der Waals surface area contributed by atoms with Gasteiger partial charge in [-0.1, -0.05) is 30.3 Å². The number of amides is 3. The third kappa shape index (κ3) is 8.09. The number of aromatic nitrogens is 5. The minimum absolute atomic E-state index is 0.107. The van der Waals surface area contributed by atoms with Gasteiger partial charge in [0.15, 0.2) is 0 Å². The molecule has 13 nitrogen and oxygen atoms in total. The van der Waals surface area contributed by atoms with E-state index in [0.717, 1.165) is 73.1 Å². The molecule has 2 atom stereocenters. The molecule has 3 amide bonds. The van der Waals surface area contributed by atoms with Crippen LogP contribution in [-0.2, 0) is 16.0 Å². The Hall–Kier alpha value is -5.01. The number of carbonyl (C=O) groups excluding carboxylic acids is 3. The van der Waals surface area contributed by atoms with Crippen molar-refractivity contribution >= 4 is 23.4 Å². The van der Waals surface area contributed by atoms with Gasteiger partial charge in [0.05, 0.1) is 0 Å². The van der Waals surface area contributed by atoms with Crippen LogP contribution in [0.25, 0.3) is 22.5 Å². The Morgan fingerprint density at radius 2 is 1.69 bits per heavy atom. The number of aromatic amines is 1. The molecular weight excluding hydrogens is 608 g/mol. The molecule has 7 N–H and O–H groups in total. The number of benzene rings is 2. The van der Waals surface area contributed by atoms with E-state index >= 15 is 0 Å². The zero-order valence-electron chi connectivity index (χ0n) is 27.0. The van der Waals surface area contributed by atoms with Gasteiger partial charge in [-0.25, -0.2) is 4.98 Å². The molecule has 250 valence electrons. The van der Waals surface area contributed by atoms with Crippen molar-refractivity contribution in [2.24, 2.45) is 17.6 Å². The highest BCUT2D eigenvalue weighted by molar-refractivity contribution is 5.98. The van der Waals surface area contributed by atoms with Gasteiger partial charge in [0.2, 0.25) is 17.6 Å². The number of nitrogens with two attached hydrogens (primary N) is 1. The van der Waals surface area contributed by atoms with E-state index in [-0.39, 0.29) is 29.7 Å². The molecular formula is C35H42N10O3. The minimum atomic E-state index is -0.788. The van der Waals surface area contributed by atoms with Gasteiger partial charge >= 0.3 is 0 Å². The van der Waals surface area contributed by atoms with Crippen molar-refractivity contribution in [3.05, 3.63) is 77.6 Å². The maximum Gasteiger partial charge on any atom is 0.270 e. The average molecular weight is 651 g/mol. The number of anilines is 1. The molecule has 3 heterocycles. The van der Waals surface area contributed by atoms with Crippen LogP contribution in [-0.4, -0.2) is 75.0 Å². The average Bonchev–Trinajstić information content (AvgIpc) is 3.84. The highest BCUT2D eigenvalue weighted by atomic mass is 16.2. The molecule has 1 aliphatic heterocycles. The van der Waals surface area contributed by atoms with E-state index in [9.17, 15) is 14.4 Å². The smallest absolute Gasteiger partial charge is 0.270 e. The van der Waals surface area contributed by atoms with E-state index in [0.29, 0.717) is 36.1 Å². The Morgan fingerprint density at radius 1 is 0.938 bits per heavy atom. The van der Waals surface area contributed by atoms with E-state index in [1.807, 2.05) is 37.3 Å². The highest BCUT2D eigenvalue weighted by Crippen LogP contribution is 2.29. The highest BCUT2D eigenvalue weighted by Gasteiger charge is 2.29. The number of nitrogens with zero attached hydrogens (tertiary/aromatic N) is 4. The number of aryl methyl sites for hydroxylation is 1. The monoisotopic (exact) mass is 650 g/mol. The quantitative estimate of drug-likeness (QED) is 0.142. The number of carbonyl (C=O) groups is 3.